The highest BCUT2D eigenvalue weighted by molar-refractivity contribution is 5.60. The number of aromatic amines is 1. The second-order valence-corrected chi connectivity index (χ2v) is 6.60. The summed E-state index contributed by atoms with van der Waals surface area (Å²) >= 11 is 0. The number of halogens is 1. The summed E-state index contributed by atoms with van der Waals surface area (Å²) in [6, 6.07) is 9.07. The molecule has 3 aromatic rings. The number of aryl methyl sites for hydroxylation is 1. The Bertz CT molecular complexity index is 856. The van der Waals surface area contributed by atoms with Gasteiger partial charge in [0.25, 0.3) is 0 Å². The maximum Gasteiger partial charge on any atom is 0.170 e. The van der Waals surface area contributed by atoms with E-state index in [2.05, 4.69) is 20.3 Å². The lowest BCUT2D eigenvalue weighted by molar-refractivity contribution is 0.136. The minimum Gasteiger partial charge on any atom is -0.356 e. The summed E-state index contributed by atoms with van der Waals surface area (Å²) in [5.74, 6) is 0.570. The van der Waals surface area contributed by atoms with Crippen LogP contribution in [-0.4, -0.2) is 26.8 Å². The van der Waals surface area contributed by atoms with Crippen LogP contribution in [0, 0.1) is 12.7 Å². The molecule has 1 fully saturated rings. The van der Waals surface area contributed by atoms with E-state index in [0.29, 0.717) is 6.54 Å². The van der Waals surface area contributed by atoms with Crippen molar-refractivity contribution in [3.8, 4) is 11.3 Å². The van der Waals surface area contributed by atoms with Crippen LogP contribution in [0.15, 0.2) is 41.1 Å². The molecule has 4 rings (SSSR count). The Balaban J connectivity index is 1.64. The highest BCUT2D eigenvalue weighted by atomic mass is 19.1. The zero-order valence-corrected chi connectivity index (χ0v) is 14.2. The SMILES string of the molecule is Cc1cc(-c2cn[nH]c2[C@@H]2CCCCN2Cc2ccccc2F)on1. The van der Waals surface area contributed by atoms with Crippen molar-refractivity contribution in [3.05, 3.63) is 59.3 Å². The predicted octanol–water partition coefficient (Wildman–Crippen LogP) is 4.24. The Morgan fingerprint density at radius 1 is 1.32 bits per heavy atom. The van der Waals surface area contributed by atoms with Gasteiger partial charge in [-0.25, -0.2) is 4.39 Å². The number of rotatable bonds is 4. The van der Waals surface area contributed by atoms with Crippen LogP contribution < -0.4 is 0 Å². The maximum absolute atomic E-state index is 14.1. The lowest BCUT2D eigenvalue weighted by Gasteiger charge is -2.35. The number of hydrogen-bond acceptors (Lipinski definition) is 4. The molecule has 1 saturated heterocycles. The van der Waals surface area contributed by atoms with E-state index in [1.54, 1.807) is 12.3 Å². The van der Waals surface area contributed by atoms with Gasteiger partial charge in [-0.3, -0.25) is 10.00 Å². The molecule has 0 unspecified atom stereocenters. The first kappa shape index (κ1) is 16.0. The summed E-state index contributed by atoms with van der Waals surface area (Å²) in [7, 11) is 0. The first-order valence-corrected chi connectivity index (χ1v) is 8.67. The fraction of sp³-hybridized carbons (Fsp3) is 0.368. The topological polar surface area (TPSA) is 58.0 Å². The molecule has 1 aliphatic rings. The average molecular weight is 340 g/mol. The number of nitrogens with zero attached hydrogens (tertiary/aromatic N) is 3. The number of H-pyrrole nitrogens is 1. The van der Waals surface area contributed by atoms with Crippen molar-refractivity contribution in [3.63, 3.8) is 0 Å². The molecule has 0 aliphatic carbocycles. The number of aromatic nitrogens is 3. The Kier molecular flexibility index (Phi) is 4.36. The summed E-state index contributed by atoms with van der Waals surface area (Å²) in [6.45, 7) is 3.43. The second kappa shape index (κ2) is 6.80. The molecular weight excluding hydrogens is 319 g/mol. The largest absolute Gasteiger partial charge is 0.356 e. The molecule has 0 radical (unpaired) electrons. The molecule has 6 heteroatoms. The highest BCUT2D eigenvalue weighted by Crippen LogP contribution is 2.36. The molecule has 1 aliphatic heterocycles. The number of likely N-dealkylation sites (tertiary alicyclic amines) is 1. The van der Waals surface area contributed by atoms with Crippen LogP contribution in [0.2, 0.25) is 0 Å². The zero-order valence-electron chi connectivity index (χ0n) is 14.2. The van der Waals surface area contributed by atoms with Crippen LogP contribution in [0.25, 0.3) is 11.3 Å². The molecule has 0 bridgehead atoms. The average Bonchev–Trinajstić information content (AvgIpc) is 3.26. The smallest absolute Gasteiger partial charge is 0.170 e. The van der Waals surface area contributed by atoms with E-state index < -0.39 is 0 Å². The third kappa shape index (κ3) is 3.22. The van der Waals surface area contributed by atoms with Crippen molar-refractivity contribution >= 4 is 0 Å². The summed E-state index contributed by atoms with van der Waals surface area (Å²) in [5, 5.41) is 11.3. The van der Waals surface area contributed by atoms with Gasteiger partial charge in [0.15, 0.2) is 5.76 Å². The van der Waals surface area contributed by atoms with E-state index >= 15 is 0 Å². The number of benzene rings is 1. The molecule has 1 N–H and O–H groups in total. The van der Waals surface area contributed by atoms with E-state index in [0.717, 1.165) is 54.1 Å². The lowest BCUT2D eigenvalue weighted by atomic mass is 9.95. The van der Waals surface area contributed by atoms with E-state index in [1.165, 1.54) is 6.07 Å². The fourth-order valence-corrected chi connectivity index (χ4v) is 3.59. The summed E-state index contributed by atoms with van der Waals surface area (Å²) in [4.78, 5) is 2.32. The van der Waals surface area contributed by atoms with Crippen molar-refractivity contribution in [2.75, 3.05) is 6.54 Å². The molecule has 1 atom stereocenters. The molecule has 130 valence electrons. The molecule has 0 spiro atoms. The van der Waals surface area contributed by atoms with Crippen LogP contribution in [0.3, 0.4) is 0 Å². The van der Waals surface area contributed by atoms with Crippen molar-refractivity contribution in [2.24, 2.45) is 0 Å². The van der Waals surface area contributed by atoms with Gasteiger partial charge in [-0.15, -0.1) is 0 Å². The van der Waals surface area contributed by atoms with E-state index in [-0.39, 0.29) is 11.9 Å². The quantitative estimate of drug-likeness (QED) is 0.772. The molecule has 25 heavy (non-hydrogen) atoms. The van der Waals surface area contributed by atoms with Gasteiger partial charge < -0.3 is 4.52 Å². The monoisotopic (exact) mass is 340 g/mol. The normalized spacial score (nSPS) is 18.6. The summed E-state index contributed by atoms with van der Waals surface area (Å²) in [6.07, 6.45) is 5.06. The van der Waals surface area contributed by atoms with E-state index in [4.69, 9.17) is 4.52 Å². The van der Waals surface area contributed by atoms with E-state index in [9.17, 15) is 4.39 Å². The van der Waals surface area contributed by atoms with Crippen molar-refractivity contribution < 1.29 is 8.91 Å². The molecule has 3 heterocycles. The minimum absolute atomic E-state index is 0.150. The maximum atomic E-state index is 14.1. The van der Waals surface area contributed by atoms with Gasteiger partial charge >= 0.3 is 0 Å². The van der Waals surface area contributed by atoms with Crippen LogP contribution in [-0.2, 0) is 6.54 Å². The first-order chi connectivity index (χ1) is 12.2. The zero-order chi connectivity index (χ0) is 17.2. The van der Waals surface area contributed by atoms with E-state index in [1.807, 2.05) is 25.1 Å². The number of piperidine rings is 1. The van der Waals surface area contributed by atoms with Gasteiger partial charge in [-0.1, -0.05) is 29.8 Å². The van der Waals surface area contributed by atoms with Gasteiger partial charge in [-0.05, 0) is 32.4 Å². The van der Waals surface area contributed by atoms with Crippen LogP contribution in [0.1, 0.15) is 42.3 Å². The second-order valence-electron chi connectivity index (χ2n) is 6.60. The van der Waals surface area contributed by atoms with Crippen LogP contribution >= 0.6 is 0 Å². The van der Waals surface area contributed by atoms with Crippen LogP contribution in [0.5, 0.6) is 0 Å². The highest BCUT2D eigenvalue weighted by Gasteiger charge is 2.29. The van der Waals surface area contributed by atoms with Gasteiger partial charge in [0.1, 0.15) is 5.82 Å². The van der Waals surface area contributed by atoms with Crippen molar-refractivity contribution in [1.29, 1.82) is 0 Å². The summed E-state index contributed by atoms with van der Waals surface area (Å²) in [5.41, 5.74) is 3.53. The third-order valence-electron chi connectivity index (χ3n) is 4.84. The molecule has 0 amide bonds. The third-order valence-corrected chi connectivity index (χ3v) is 4.84. The Morgan fingerprint density at radius 3 is 3.00 bits per heavy atom. The van der Waals surface area contributed by atoms with Gasteiger partial charge in [-0.2, -0.15) is 5.10 Å². The molecule has 0 saturated carbocycles. The van der Waals surface area contributed by atoms with Crippen molar-refractivity contribution in [2.45, 2.75) is 38.8 Å². The molecule has 5 nitrogen and oxygen atoms in total. The Hall–Kier alpha value is -2.47. The predicted molar refractivity (Wildman–Crippen MR) is 92.2 cm³/mol. The Morgan fingerprint density at radius 2 is 2.20 bits per heavy atom. The number of hydrogen-bond donors (Lipinski definition) is 1. The lowest BCUT2D eigenvalue weighted by Crippen LogP contribution is -2.33. The first-order valence-electron chi connectivity index (χ1n) is 8.67. The summed E-state index contributed by atoms with van der Waals surface area (Å²) < 4.78 is 19.5. The minimum atomic E-state index is -0.150. The molecular formula is C19H21FN4O. The molecule has 1 aromatic carbocycles. The Labute approximate surface area is 145 Å². The standard InChI is InChI=1S/C19H21FN4O/c1-13-10-18(25-23-13)15-11-21-22-19(15)17-8-4-5-9-24(17)12-14-6-2-3-7-16(14)20/h2-3,6-7,10-11,17H,4-5,8-9,12H2,1H3,(H,21,22)/t17-/m0/s1. The van der Waals surface area contributed by atoms with Crippen LogP contribution in [0.4, 0.5) is 4.39 Å². The fourth-order valence-electron chi connectivity index (χ4n) is 3.59. The van der Waals surface area contributed by atoms with Crippen molar-refractivity contribution in [1.82, 2.24) is 20.3 Å². The number of nitrogens with one attached hydrogen (secondary N) is 1. The van der Waals surface area contributed by atoms with Gasteiger partial charge in [0, 0.05) is 18.2 Å². The van der Waals surface area contributed by atoms with Gasteiger partial charge in [0.05, 0.1) is 29.2 Å². The molecule has 2 aromatic heterocycles. The van der Waals surface area contributed by atoms with Gasteiger partial charge in [0.2, 0.25) is 0 Å².